The average Bonchev–Trinajstić information content (AvgIpc) is 3.20. The molecular formula is C22H32N2OS. The number of imidazole rings is 1. The van der Waals surface area contributed by atoms with E-state index in [4.69, 9.17) is 4.98 Å². The van der Waals surface area contributed by atoms with Crippen LogP contribution >= 0.6 is 11.8 Å². The third-order valence-corrected chi connectivity index (χ3v) is 8.96. The van der Waals surface area contributed by atoms with E-state index in [9.17, 15) is 4.79 Å². The molecule has 5 aliphatic carbocycles. The van der Waals surface area contributed by atoms with E-state index in [-0.39, 0.29) is 5.41 Å². The predicted molar refractivity (Wildman–Crippen MR) is 106 cm³/mol. The Labute approximate surface area is 161 Å². The number of hydrogen-bond acceptors (Lipinski definition) is 3. The van der Waals surface area contributed by atoms with Crippen molar-refractivity contribution < 1.29 is 4.79 Å². The van der Waals surface area contributed by atoms with Crippen LogP contribution in [0.25, 0.3) is 0 Å². The molecule has 0 spiro atoms. The zero-order chi connectivity index (χ0) is 17.9. The van der Waals surface area contributed by atoms with Crippen molar-refractivity contribution in [2.45, 2.75) is 89.3 Å². The van der Waals surface area contributed by atoms with Crippen molar-refractivity contribution in [3.8, 4) is 0 Å². The van der Waals surface area contributed by atoms with E-state index in [2.05, 4.69) is 18.4 Å². The summed E-state index contributed by atoms with van der Waals surface area (Å²) in [5.74, 6) is 3.72. The molecule has 5 aliphatic rings. The fraction of sp³-hybridized carbons (Fsp3) is 0.818. The lowest BCUT2D eigenvalue weighted by atomic mass is 9.48. The van der Waals surface area contributed by atoms with Crippen molar-refractivity contribution in [1.82, 2.24) is 9.55 Å². The molecule has 0 aromatic carbocycles. The summed E-state index contributed by atoms with van der Waals surface area (Å²) < 4.78 is 2.46. The standard InChI is InChI=1S/C22H32N2OS/c1-14-15(2)24(19-5-3-4-6-19)21(23-14)26-13-20(25)22-10-16-7-17(11-22)9-18(8-16)12-22/h16-19H,3-13H2,1-2H3. The lowest BCUT2D eigenvalue weighted by molar-refractivity contribution is -0.141. The van der Waals surface area contributed by atoms with Gasteiger partial charge in [-0.05, 0) is 83.0 Å². The Morgan fingerprint density at radius 2 is 1.65 bits per heavy atom. The van der Waals surface area contributed by atoms with E-state index < -0.39 is 0 Å². The SMILES string of the molecule is Cc1nc(SCC(=O)C23CC4CC(CC(C4)C2)C3)n(C2CCCC2)c1C. The van der Waals surface area contributed by atoms with Crippen molar-refractivity contribution >= 4 is 17.5 Å². The van der Waals surface area contributed by atoms with Gasteiger partial charge in [0.25, 0.3) is 0 Å². The minimum absolute atomic E-state index is 0.0383. The van der Waals surface area contributed by atoms with Gasteiger partial charge in [-0.25, -0.2) is 4.98 Å². The third kappa shape index (κ3) is 2.78. The van der Waals surface area contributed by atoms with Gasteiger partial charge in [-0.1, -0.05) is 24.6 Å². The first-order valence-electron chi connectivity index (χ1n) is 10.8. The number of carbonyl (C=O) groups is 1. The smallest absolute Gasteiger partial charge is 0.169 e. The number of Topliss-reactive ketones (excluding diaryl/α,β-unsaturated/α-hetero) is 1. The van der Waals surface area contributed by atoms with Crippen LogP contribution in [0.4, 0.5) is 0 Å². The fourth-order valence-corrected chi connectivity index (χ4v) is 8.22. The molecule has 0 saturated heterocycles. The Morgan fingerprint density at radius 1 is 1.08 bits per heavy atom. The topological polar surface area (TPSA) is 34.9 Å². The van der Waals surface area contributed by atoms with Crippen LogP contribution in [0.2, 0.25) is 0 Å². The molecule has 0 atom stereocenters. The number of hydrogen-bond donors (Lipinski definition) is 0. The zero-order valence-electron chi connectivity index (χ0n) is 16.3. The number of thioether (sulfide) groups is 1. The van der Waals surface area contributed by atoms with Crippen LogP contribution in [-0.2, 0) is 4.79 Å². The van der Waals surface area contributed by atoms with Gasteiger partial charge in [-0.3, -0.25) is 4.79 Å². The van der Waals surface area contributed by atoms with E-state index in [1.165, 1.54) is 69.9 Å². The predicted octanol–water partition coefficient (Wildman–Crippen LogP) is 5.49. The molecule has 5 fully saturated rings. The van der Waals surface area contributed by atoms with Crippen molar-refractivity contribution in [3.63, 3.8) is 0 Å². The largest absolute Gasteiger partial charge is 0.320 e. The third-order valence-electron chi connectivity index (χ3n) is 8.01. The molecule has 1 heterocycles. The second-order valence-corrected chi connectivity index (χ2v) is 10.7. The number of carbonyl (C=O) groups excluding carboxylic acids is 1. The Morgan fingerprint density at radius 3 is 2.23 bits per heavy atom. The summed E-state index contributed by atoms with van der Waals surface area (Å²) in [6.45, 7) is 4.32. The lowest BCUT2D eigenvalue weighted by Gasteiger charge is -2.56. The summed E-state index contributed by atoms with van der Waals surface area (Å²) in [5.41, 5.74) is 2.49. The van der Waals surface area contributed by atoms with E-state index in [1.807, 2.05) is 0 Å². The molecule has 6 rings (SSSR count). The Bertz CT molecular complexity index is 681. The fourth-order valence-electron chi connectivity index (χ4n) is 7.03. The molecule has 0 radical (unpaired) electrons. The highest BCUT2D eigenvalue weighted by atomic mass is 32.2. The molecule has 26 heavy (non-hydrogen) atoms. The lowest BCUT2D eigenvalue weighted by Crippen LogP contribution is -2.50. The van der Waals surface area contributed by atoms with Crippen LogP contribution in [0.15, 0.2) is 5.16 Å². The van der Waals surface area contributed by atoms with Crippen LogP contribution in [0.1, 0.15) is 81.6 Å². The van der Waals surface area contributed by atoms with Crippen molar-refractivity contribution in [1.29, 1.82) is 0 Å². The molecule has 0 aliphatic heterocycles. The number of rotatable bonds is 5. The van der Waals surface area contributed by atoms with Crippen molar-refractivity contribution in [3.05, 3.63) is 11.4 Å². The summed E-state index contributed by atoms with van der Waals surface area (Å²) >= 11 is 1.73. The quantitative estimate of drug-likeness (QED) is 0.641. The van der Waals surface area contributed by atoms with E-state index in [1.54, 1.807) is 11.8 Å². The Kier molecular flexibility index (Phi) is 4.26. The Hall–Kier alpha value is -0.770. The summed E-state index contributed by atoms with van der Waals surface area (Å²) in [4.78, 5) is 18.2. The minimum Gasteiger partial charge on any atom is -0.320 e. The highest BCUT2D eigenvalue weighted by Crippen LogP contribution is 2.60. The van der Waals surface area contributed by atoms with Gasteiger partial charge in [0, 0.05) is 17.2 Å². The minimum atomic E-state index is 0.0383. The molecule has 4 bridgehead atoms. The van der Waals surface area contributed by atoms with Gasteiger partial charge in [0.15, 0.2) is 5.16 Å². The molecule has 0 N–H and O–H groups in total. The van der Waals surface area contributed by atoms with Gasteiger partial charge >= 0.3 is 0 Å². The maximum absolute atomic E-state index is 13.3. The molecule has 5 saturated carbocycles. The first kappa shape index (κ1) is 17.3. The number of ketones is 1. The van der Waals surface area contributed by atoms with E-state index >= 15 is 0 Å². The van der Waals surface area contributed by atoms with Crippen LogP contribution in [0.5, 0.6) is 0 Å². The number of aryl methyl sites for hydroxylation is 1. The first-order chi connectivity index (χ1) is 12.5. The van der Waals surface area contributed by atoms with Crippen molar-refractivity contribution in [2.75, 3.05) is 5.75 Å². The van der Waals surface area contributed by atoms with Gasteiger partial charge in [0.2, 0.25) is 0 Å². The van der Waals surface area contributed by atoms with Crippen LogP contribution in [0.3, 0.4) is 0 Å². The second kappa shape index (κ2) is 6.39. The van der Waals surface area contributed by atoms with Gasteiger partial charge in [-0.2, -0.15) is 0 Å². The molecule has 142 valence electrons. The normalized spacial score (nSPS) is 36.2. The van der Waals surface area contributed by atoms with Crippen molar-refractivity contribution in [2.24, 2.45) is 23.2 Å². The summed E-state index contributed by atoms with van der Waals surface area (Å²) in [6.07, 6.45) is 13.0. The summed E-state index contributed by atoms with van der Waals surface area (Å²) in [7, 11) is 0. The van der Waals surface area contributed by atoms with Crippen LogP contribution in [0, 0.1) is 37.0 Å². The summed E-state index contributed by atoms with van der Waals surface area (Å²) in [6, 6.07) is 0.605. The molecule has 1 aromatic rings. The molecular weight excluding hydrogens is 340 g/mol. The van der Waals surface area contributed by atoms with E-state index in [0.29, 0.717) is 17.6 Å². The van der Waals surface area contributed by atoms with Gasteiger partial charge < -0.3 is 4.57 Å². The highest BCUT2D eigenvalue weighted by Gasteiger charge is 2.54. The average molecular weight is 373 g/mol. The maximum atomic E-state index is 13.3. The molecule has 0 amide bonds. The Balaban J connectivity index is 1.32. The van der Waals surface area contributed by atoms with Crippen LogP contribution < -0.4 is 0 Å². The maximum Gasteiger partial charge on any atom is 0.169 e. The van der Waals surface area contributed by atoms with Crippen LogP contribution in [-0.4, -0.2) is 21.1 Å². The van der Waals surface area contributed by atoms with Gasteiger partial charge in [-0.15, -0.1) is 0 Å². The van der Waals surface area contributed by atoms with E-state index in [0.717, 1.165) is 28.6 Å². The van der Waals surface area contributed by atoms with Gasteiger partial charge in [0.05, 0.1) is 11.4 Å². The zero-order valence-corrected chi connectivity index (χ0v) is 17.1. The number of aromatic nitrogens is 2. The first-order valence-corrected chi connectivity index (χ1v) is 11.7. The highest BCUT2D eigenvalue weighted by molar-refractivity contribution is 7.99. The van der Waals surface area contributed by atoms with Gasteiger partial charge in [0.1, 0.15) is 5.78 Å². The number of nitrogens with zero attached hydrogens (tertiary/aromatic N) is 2. The molecule has 0 unspecified atom stereocenters. The second-order valence-electron chi connectivity index (χ2n) is 9.78. The summed E-state index contributed by atoms with van der Waals surface area (Å²) in [5, 5.41) is 1.10. The molecule has 3 nitrogen and oxygen atoms in total. The monoisotopic (exact) mass is 372 g/mol. The molecule has 4 heteroatoms. The molecule has 1 aromatic heterocycles.